The molecule has 8 nitrogen and oxygen atoms in total. The summed E-state index contributed by atoms with van der Waals surface area (Å²) in [5.74, 6) is 1.47. The number of benzene rings is 2. The van der Waals surface area contributed by atoms with Crippen LogP contribution in [-0.4, -0.2) is 53.2 Å². The van der Waals surface area contributed by atoms with Gasteiger partial charge in [-0.15, -0.1) is 0 Å². The van der Waals surface area contributed by atoms with E-state index in [-0.39, 0.29) is 23.7 Å². The van der Waals surface area contributed by atoms with Gasteiger partial charge < -0.3 is 19.8 Å². The number of hydrogen-bond acceptors (Lipinski definition) is 5. The number of nitrogens with zero attached hydrogens (tertiary/aromatic N) is 2. The van der Waals surface area contributed by atoms with Gasteiger partial charge in [-0.2, -0.15) is 0 Å². The summed E-state index contributed by atoms with van der Waals surface area (Å²) < 4.78 is 13.1. The number of piperidine rings is 1. The third-order valence-corrected chi connectivity index (χ3v) is 6.36. The molecule has 3 aromatic rings. The van der Waals surface area contributed by atoms with Gasteiger partial charge in [0.05, 0.1) is 23.6 Å². The van der Waals surface area contributed by atoms with E-state index in [0.29, 0.717) is 19.8 Å². The lowest BCUT2D eigenvalue weighted by Gasteiger charge is -2.32. The Morgan fingerprint density at radius 1 is 1.12 bits per heavy atom. The molecule has 2 aliphatic rings. The zero-order chi connectivity index (χ0) is 22.1. The number of carbonyl (C=O) groups excluding carboxylic acids is 1. The summed E-state index contributed by atoms with van der Waals surface area (Å²) in [7, 11) is 0. The zero-order valence-electron chi connectivity index (χ0n) is 18.2. The summed E-state index contributed by atoms with van der Waals surface area (Å²) in [6.45, 7) is 4.98. The highest BCUT2D eigenvalue weighted by atomic mass is 16.6. The first-order chi connectivity index (χ1) is 15.6. The number of nitrogens with one attached hydrogen (secondary N) is 2. The maximum absolute atomic E-state index is 12.7. The van der Waals surface area contributed by atoms with E-state index in [1.54, 1.807) is 0 Å². The highest BCUT2D eigenvalue weighted by Gasteiger charge is 2.25. The SMILES string of the molecule is CC(NC(=O)CN1CCC(n2c(=O)[nH]c3ccccc32)CC1)c1ccc2c(c1)OCCO2. The number of rotatable bonds is 5. The van der Waals surface area contributed by atoms with Crippen molar-refractivity contribution in [3.8, 4) is 11.5 Å². The van der Waals surface area contributed by atoms with Gasteiger partial charge in [-0.25, -0.2) is 4.79 Å². The summed E-state index contributed by atoms with van der Waals surface area (Å²) in [5, 5.41) is 3.09. The van der Waals surface area contributed by atoms with Gasteiger partial charge in [-0.1, -0.05) is 18.2 Å². The molecule has 1 amide bonds. The number of carbonyl (C=O) groups is 1. The van der Waals surface area contributed by atoms with Crippen molar-refractivity contribution in [2.24, 2.45) is 0 Å². The van der Waals surface area contributed by atoms with Crippen LogP contribution >= 0.6 is 0 Å². The number of amides is 1. The molecular formula is C24H28N4O4. The van der Waals surface area contributed by atoms with Crippen LogP contribution in [0.3, 0.4) is 0 Å². The molecule has 168 valence electrons. The van der Waals surface area contributed by atoms with Gasteiger partial charge in [0.2, 0.25) is 5.91 Å². The highest BCUT2D eigenvalue weighted by molar-refractivity contribution is 5.78. The fourth-order valence-corrected chi connectivity index (χ4v) is 4.68. The summed E-state index contributed by atoms with van der Waals surface area (Å²) in [5.41, 5.74) is 2.74. The van der Waals surface area contributed by atoms with Crippen LogP contribution in [0, 0.1) is 0 Å². The Hall–Kier alpha value is -3.26. The smallest absolute Gasteiger partial charge is 0.326 e. The molecule has 0 spiro atoms. The largest absolute Gasteiger partial charge is 0.486 e. The highest BCUT2D eigenvalue weighted by Crippen LogP contribution is 2.32. The quantitative estimate of drug-likeness (QED) is 0.642. The fraction of sp³-hybridized carbons (Fsp3) is 0.417. The van der Waals surface area contributed by atoms with Gasteiger partial charge in [0.15, 0.2) is 11.5 Å². The summed E-state index contributed by atoms with van der Waals surface area (Å²) >= 11 is 0. The van der Waals surface area contributed by atoms with Crippen LogP contribution in [0.5, 0.6) is 11.5 Å². The second kappa shape index (κ2) is 8.70. The summed E-state index contributed by atoms with van der Waals surface area (Å²) in [6.07, 6.45) is 1.68. The van der Waals surface area contributed by atoms with E-state index in [9.17, 15) is 9.59 Å². The lowest BCUT2D eigenvalue weighted by molar-refractivity contribution is -0.123. The second-order valence-electron chi connectivity index (χ2n) is 8.52. The molecular weight excluding hydrogens is 408 g/mol. The Morgan fingerprint density at radius 2 is 1.88 bits per heavy atom. The lowest BCUT2D eigenvalue weighted by atomic mass is 10.0. The Morgan fingerprint density at radius 3 is 2.69 bits per heavy atom. The van der Waals surface area contributed by atoms with Crippen LogP contribution in [0.1, 0.15) is 37.4 Å². The van der Waals surface area contributed by atoms with E-state index in [0.717, 1.165) is 54.0 Å². The number of para-hydroxylation sites is 2. The average molecular weight is 437 g/mol. The number of hydrogen-bond donors (Lipinski definition) is 2. The fourth-order valence-electron chi connectivity index (χ4n) is 4.68. The second-order valence-corrected chi connectivity index (χ2v) is 8.52. The average Bonchev–Trinajstić information content (AvgIpc) is 3.15. The summed E-state index contributed by atoms with van der Waals surface area (Å²) in [4.78, 5) is 30.2. The predicted molar refractivity (Wildman–Crippen MR) is 121 cm³/mol. The number of likely N-dealkylation sites (tertiary alicyclic amines) is 1. The van der Waals surface area contributed by atoms with Crippen molar-refractivity contribution < 1.29 is 14.3 Å². The van der Waals surface area contributed by atoms with E-state index >= 15 is 0 Å². The molecule has 0 aliphatic carbocycles. The van der Waals surface area contributed by atoms with Gasteiger partial charge in [0, 0.05) is 19.1 Å². The van der Waals surface area contributed by atoms with Crippen molar-refractivity contribution in [2.75, 3.05) is 32.8 Å². The molecule has 2 N–H and O–H groups in total. The molecule has 3 heterocycles. The van der Waals surface area contributed by atoms with Crippen LogP contribution < -0.4 is 20.5 Å². The van der Waals surface area contributed by atoms with E-state index in [1.165, 1.54) is 0 Å². The number of fused-ring (bicyclic) bond motifs is 2. The minimum atomic E-state index is -0.124. The van der Waals surface area contributed by atoms with E-state index < -0.39 is 0 Å². The Balaban J connectivity index is 1.16. The van der Waals surface area contributed by atoms with Crippen LogP contribution in [0.25, 0.3) is 11.0 Å². The van der Waals surface area contributed by atoms with E-state index in [2.05, 4.69) is 15.2 Å². The Bertz CT molecular complexity index is 1180. The van der Waals surface area contributed by atoms with Gasteiger partial charge in [0.1, 0.15) is 13.2 Å². The molecule has 0 bridgehead atoms. The Kier molecular flexibility index (Phi) is 5.61. The molecule has 2 aliphatic heterocycles. The van der Waals surface area contributed by atoms with Crippen molar-refractivity contribution in [3.63, 3.8) is 0 Å². The molecule has 8 heteroatoms. The van der Waals surface area contributed by atoms with Crippen molar-refractivity contribution >= 4 is 16.9 Å². The monoisotopic (exact) mass is 436 g/mol. The molecule has 32 heavy (non-hydrogen) atoms. The van der Waals surface area contributed by atoms with Crippen molar-refractivity contribution in [2.45, 2.75) is 31.8 Å². The third kappa shape index (κ3) is 4.10. The third-order valence-electron chi connectivity index (χ3n) is 6.36. The molecule has 1 unspecified atom stereocenters. The molecule has 0 radical (unpaired) electrons. The van der Waals surface area contributed by atoms with Crippen LogP contribution in [0.2, 0.25) is 0 Å². The molecule has 1 saturated heterocycles. The minimum absolute atomic E-state index is 0.00454. The molecule has 1 fully saturated rings. The van der Waals surface area contributed by atoms with Gasteiger partial charge >= 0.3 is 5.69 Å². The van der Waals surface area contributed by atoms with Gasteiger partial charge in [0.25, 0.3) is 0 Å². The molecule has 2 aromatic carbocycles. The maximum Gasteiger partial charge on any atom is 0.326 e. The van der Waals surface area contributed by atoms with Gasteiger partial charge in [-0.3, -0.25) is 14.3 Å². The van der Waals surface area contributed by atoms with E-state index in [1.807, 2.05) is 54.0 Å². The summed E-state index contributed by atoms with van der Waals surface area (Å²) in [6, 6.07) is 13.6. The number of H-pyrrole nitrogens is 1. The van der Waals surface area contributed by atoms with Crippen LogP contribution in [-0.2, 0) is 4.79 Å². The predicted octanol–water partition coefficient (Wildman–Crippen LogP) is 2.62. The first-order valence-corrected chi connectivity index (χ1v) is 11.2. The lowest BCUT2D eigenvalue weighted by Crippen LogP contribution is -2.43. The van der Waals surface area contributed by atoms with Crippen LogP contribution in [0.15, 0.2) is 47.3 Å². The normalized spacial score (nSPS) is 17.9. The minimum Gasteiger partial charge on any atom is -0.486 e. The van der Waals surface area contributed by atoms with Gasteiger partial charge in [-0.05, 0) is 49.6 Å². The molecule has 1 aromatic heterocycles. The molecule has 5 rings (SSSR count). The zero-order valence-corrected chi connectivity index (χ0v) is 18.2. The molecule has 1 atom stereocenters. The molecule has 0 saturated carbocycles. The maximum atomic E-state index is 12.7. The first kappa shape index (κ1) is 20.6. The van der Waals surface area contributed by atoms with Crippen molar-refractivity contribution in [3.05, 3.63) is 58.5 Å². The Labute approximate surface area is 186 Å². The number of imidazole rings is 1. The van der Waals surface area contributed by atoms with Crippen molar-refractivity contribution in [1.82, 2.24) is 19.8 Å². The number of aromatic amines is 1. The standard InChI is InChI=1S/C24H28N4O4/c1-16(17-6-7-21-22(14-17)32-13-12-31-21)25-23(29)15-27-10-8-18(9-11-27)28-20-5-3-2-4-19(20)26-24(28)30/h2-7,14,16,18H,8-13,15H2,1H3,(H,25,29)(H,26,30). The topological polar surface area (TPSA) is 88.6 Å². The number of aromatic nitrogens is 2. The van der Waals surface area contributed by atoms with Crippen molar-refractivity contribution in [1.29, 1.82) is 0 Å². The first-order valence-electron chi connectivity index (χ1n) is 11.2. The number of ether oxygens (including phenoxy) is 2. The van der Waals surface area contributed by atoms with E-state index in [4.69, 9.17) is 9.47 Å². The van der Waals surface area contributed by atoms with Crippen LogP contribution in [0.4, 0.5) is 0 Å².